The Hall–Kier alpha value is -2.97. The zero-order valence-electron chi connectivity index (χ0n) is 15.7. The largest absolute Gasteiger partial charge is 0.337 e. The zero-order chi connectivity index (χ0) is 19.0. The van der Waals surface area contributed by atoms with Gasteiger partial charge in [-0.1, -0.05) is 25.1 Å². The molecule has 9 heteroatoms. The fraction of sp³-hybridized carbons (Fsp3) is 0.500. The lowest BCUT2D eigenvalue weighted by atomic mass is 10.0. The normalized spacial score (nSPS) is 17.6. The van der Waals surface area contributed by atoms with Crippen LogP contribution in [0.15, 0.2) is 22.7 Å². The first-order valence-corrected chi connectivity index (χ1v) is 9.24. The van der Waals surface area contributed by atoms with E-state index in [0.29, 0.717) is 29.5 Å². The van der Waals surface area contributed by atoms with Gasteiger partial charge < -0.3 is 14.7 Å². The second kappa shape index (κ2) is 6.98. The molecule has 2 amide bonds. The number of fused-ring (bicyclic) bond motifs is 1. The van der Waals surface area contributed by atoms with Crippen LogP contribution in [-0.4, -0.2) is 42.6 Å². The minimum Gasteiger partial charge on any atom is -0.337 e. The number of hydrogen-bond acceptors (Lipinski definition) is 6. The molecule has 3 heterocycles. The second-order valence-electron chi connectivity index (χ2n) is 7.14. The summed E-state index contributed by atoms with van der Waals surface area (Å²) in [7, 11) is 1.76. The highest BCUT2D eigenvalue weighted by Gasteiger charge is 2.32. The summed E-state index contributed by atoms with van der Waals surface area (Å²) in [6.45, 7) is 4.68. The van der Waals surface area contributed by atoms with Crippen LogP contribution in [0.25, 0.3) is 11.0 Å². The van der Waals surface area contributed by atoms with Crippen LogP contribution in [0.1, 0.15) is 56.8 Å². The Kier molecular flexibility index (Phi) is 4.51. The molecular formula is C18H23N7O2. The molecule has 0 bridgehead atoms. The molecule has 1 N–H and O–H groups in total. The number of nitrogens with one attached hydrogen (secondary N) is 1. The molecule has 0 spiro atoms. The van der Waals surface area contributed by atoms with Crippen molar-refractivity contribution in [1.29, 1.82) is 0 Å². The summed E-state index contributed by atoms with van der Waals surface area (Å²) in [5.74, 6) is 1.36. The van der Waals surface area contributed by atoms with Gasteiger partial charge in [0.25, 0.3) is 0 Å². The summed E-state index contributed by atoms with van der Waals surface area (Å²) in [6.07, 6.45) is 2.78. The number of piperidine rings is 1. The number of carbonyl (C=O) groups is 1. The Morgan fingerprint density at radius 3 is 2.93 bits per heavy atom. The highest BCUT2D eigenvalue weighted by molar-refractivity contribution is 5.98. The SMILES string of the molecule is CC(C)c1noc(C2CCCCN2C(=O)Nc2cccc3nn(C)nc23)n1. The van der Waals surface area contributed by atoms with Crippen molar-refractivity contribution in [3.05, 3.63) is 29.9 Å². The first kappa shape index (κ1) is 17.4. The molecule has 27 heavy (non-hydrogen) atoms. The Bertz CT molecular complexity index is 962. The van der Waals surface area contributed by atoms with Gasteiger partial charge in [-0.25, -0.2) is 4.79 Å². The van der Waals surface area contributed by atoms with Crippen LogP contribution >= 0.6 is 0 Å². The quantitative estimate of drug-likeness (QED) is 0.760. The van der Waals surface area contributed by atoms with Gasteiger partial charge in [0.15, 0.2) is 5.82 Å². The lowest BCUT2D eigenvalue weighted by Gasteiger charge is -2.33. The summed E-state index contributed by atoms with van der Waals surface area (Å²) in [4.78, 5) is 20.8. The number of aromatic nitrogens is 5. The zero-order valence-corrected chi connectivity index (χ0v) is 15.7. The highest BCUT2D eigenvalue weighted by atomic mass is 16.5. The first-order valence-electron chi connectivity index (χ1n) is 9.24. The molecule has 0 aliphatic carbocycles. The van der Waals surface area contributed by atoms with Crippen molar-refractivity contribution in [2.45, 2.75) is 45.1 Å². The maximum Gasteiger partial charge on any atom is 0.322 e. The van der Waals surface area contributed by atoms with Gasteiger partial charge in [-0.05, 0) is 31.4 Å². The van der Waals surface area contributed by atoms with Crippen molar-refractivity contribution in [3.63, 3.8) is 0 Å². The van der Waals surface area contributed by atoms with Crippen molar-refractivity contribution in [3.8, 4) is 0 Å². The van der Waals surface area contributed by atoms with Crippen LogP contribution in [0.3, 0.4) is 0 Å². The fourth-order valence-corrected chi connectivity index (χ4v) is 3.38. The topological polar surface area (TPSA) is 102 Å². The summed E-state index contributed by atoms with van der Waals surface area (Å²) in [6, 6.07) is 5.15. The maximum atomic E-state index is 13.0. The number of urea groups is 1. The average Bonchev–Trinajstić information content (AvgIpc) is 3.28. The smallest absolute Gasteiger partial charge is 0.322 e. The van der Waals surface area contributed by atoms with Crippen molar-refractivity contribution < 1.29 is 9.32 Å². The number of nitrogens with zero attached hydrogens (tertiary/aromatic N) is 6. The summed E-state index contributed by atoms with van der Waals surface area (Å²) >= 11 is 0. The van der Waals surface area contributed by atoms with E-state index in [4.69, 9.17) is 4.52 Å². The van der Waals surface area contributed by atoms with Gasteiger partial charge >= 0.3 is 6.03 Å². The van der Waals surface area contributed by atoms with E-state index < -0.39 is 0 Å². The molecule has 2 aromatic heterocycles. The Labute approximate surface area is 156 Å². The van der Waals surface area contributed by atoms with Gasteiger partial charge in [0.2, 0.25) is 5.89 Å². The first-order chi connectivity index (χ1) is 13.0. The Morgan fingerprint density at radius 1 is 1.30 bits per heavy atom. The molecule has 1 saturated heterocycles. The van der Waals surface area contributed by atoms with Crippen molar-refractivity contribution in [2.24, 2.45) is 7.05 Å². The van der Waals surface area contributed by atoms with E-state index >= 15 is 0 Å². The lowest BCUT2D eigenvalue weighted by Crippen LogP contribution is -2.41. The maximum absolute atomic E-state index is 13.0. The summed E-state index contributed by atoms with van der Waals surface area (Å²) < 4.78 is 5.46. The molecule has 1 unspecified atom stereocenters. The van der Waals surface area contributed by atoms with E-state index in [1.807, 2.05) is 32.0 Å². The standard InChI is InChI=1S/C18H23N7O2/c1-11(2)16-20-17(27-23-16)14-9-4-5-10-25(14)18(26)19-12-7-6-8-13-15(12)22-24(3)21-13/h6-8,11,14H,4-5,9-10H2,1-3H3,(H,19,26). The van der Waals surface area contributed by atoms with E-state index in [0.717, 1.165) is 24.8 Å². The van der Waals surface area contributed by atoms with E-state index in [9.17, 15) is 4.79 Å². The molecule has 0 radical (unpaired) electrons. The predicted octanol–water partition coefficient (Wildman–Crippen LogP) is 3.23. The molecule has 4 rings (SSSR count). The van der Waals surface area contributed by atoms with Crippen LogP contribution < -0.4 is 5.32 Å². The monoisotopic (exact) mass is 369 g/mol. The third-order valence-corrected chi connectivity index (χ3v) is 4.78. The minimum absolute atomic E-state index is 0.183. The van der Waals surface area contributed by atoms with Gasteiger partial charge in [-0.3, -0.25) is 0 Å². The van der Waals surface area contributed by atoms with E-state index in [-0.39, 0.29) is 18.0 Å². The van der Waals surface area contributed by atoms with Gasteiger partial charge in [-0.15, -0.1) is 0 Å². The summed E-state index contributed by atoms with van der Waals surface area (Å²) in [5, 5.41) is 15.7. The number of anilines is 1. The van der Waals surface area contributed by atoms with Crippen LogP contribution in [0.5, 0.6) is 0 Å². The number of carbonyl (C=O) groups excluding carboxylic acids is 1. The van der Waals surface area contributed by atoms with Crippen molar-refractivity contribution >= 4 is 22.8 Å². The van der Waals surface area contributed by atoms with Crippen LogP contribution in [-0.2, 0) is 7.05 Å². The minimum atomic E-state index is -0.209. The number of amides is 2. The van der Waals surface area contributed by atoms with Crippen molar-refractivity contribution in [1.82, 2.24) is 30.0 Å². The number of hydrogen-bond donors (Lipinski definition) is 1. The molecule has 3 aromatic rings. The van der Waals surface area contributed by atoms with Crippen LogP contribution in [0, 0.1) is 0 Å². The highest BCUT2D eigenvalue weighted by Crippen LogP contribution is 2.31. The third-order valence-electron chi connectivity index (χ3n) is 4.78. The molecule has 9 nitrogen and oxygen atoms in total. The molecule has 142 valence electrons. The van der Waals surface area contributed by atoms with Crippen LogP contribution in [0.4, 0.5) is 10.5 Å². The Balaban J connectivity index is 1.58. The van der Waals surface area contributed by atoms with Crippen molar-refractivity contribution in [2.75, 3.05) is 11.9 Å². The number of aryl methyl sites for hydroxylation is 1. The second-order valence-corrected chi connectivity index (χ2v) is 7.14. The van der Waals surface area contributed by atoms with Gasteiger partial charge in [-0.2, -0.15) is 20.0 Å². The lowest BCUT2D eigenvalue weighted by molar-refractivity contribution is 0.142. The molecule has 1 aliphatic heterocycles. The van der Waals surface area contributed by atoms with Gasteiger partial charge in [0.05, 0.1) is 5.69 Å². The number of rotatable bonds is 3. The average molecular weight is 369 g/mol. The number of likely N-dealkylation sites (tertiary alicyclic amines) is 1. The molecule has 1 atom stereocenters. The van der Waals surface area contributed by atoms with E-state index in [2.05, 4.69) is 25.7 Å². The summed E-state index contributed by atoms with van der Waals surface area (Å²) in [5.41, 5.74) is 2.05. The predicted molar refractivity (Wildman–Crippen MR) is 99.2 cm³/mol. The molecule has 1 fully saturated rings. The molecule has 1 aromatic carbocycles. The third kappa shape index (κ3) is 3.36. The van der Waals surface area contributed by atoms with Crippen LogP contribution in [0.2, 0.25) is 0 Å². The van der Waals surface area contributed by atoms with Gasteiger partial charge in [0, 0.05) is 19.5 Å². The van der Waals surface area contributed by atoms with E-state index in [1.165, 1.54) is 4.80 Å². The number of benzene rings is 1. The fourth-order valence-electron chi connectivity index (χ4n) is 3.38. The molecular weight excluding hydrogens is 346 g/mol. The Morgan fingerprint density at radius 2 is 2.15 bits per heavy atom. The molecule has 1 aliphatic rings. The van der Waals surface area contributed by atoms with Gasteiger partial charge in [0.1, 0.15) is 17.1 Å². The molecule has 0 saturated carbocycles. The van der Waals surface area contributed by atoms with E-state index in [1.54, 1.807) is 11.9 Å².